The molecule has 0 amide bonds. The first-order valence-corrected chi connectivity index (χ1v) is 5.45. The Morgan fingerprint density at radius 3 is 2.75 bits per heavy atom. The summed E-state index contributed by atoms with van der Waals surface area (Å²) in [5.41, 5.74) is 1.62. The van der Waals surface area contributed by atoms with Crippen LogP contribution in [-0.2, 0) is 0 Å². The molecule has 0 radical (unpaired) electrons. The van der Waals surface area contributed by atoms with Gasteiger partial charge in [0.1, 0.15) is 10.8 Å². The van der Waals surface area contributed by atoms with E-state index in [2.05, 4.69) is 4.98 Å². The van der Waals surface area contributed by atoms with Crippen molar-refractivity contribution in [3.63, 3.8) is 0 Å². The van der Waals surface area contributed by atoms with Crippen LogP contribution in [0.5, 0.6) is 0 Å². The minimum Gasteiger partial charge on any atom is -0.237 e. The van der Waals surface area contributed by atoms with Gasteiger partial charge in [-0.05, 0) is 30.3 Å². The normalized spacial score (nSPS) is 10.5. The highest BCUT2D eigenvalue weighted by atomic mass is 32.1. The number of hydrogen-bond donors (Lipinski definition) is 0. The lowest BCUT2D eigenvalue weighted by atomic mass is 10.2. The van der Waals surface area contributed by atoms with Gasteiger partial charge in [0, 0.05) is 17.0 Å². The molecule has 2 aromatic rings. The second-order valence-electron chi connectivity index (χ2n) is 3.05. The summed E-state index contributed by atoms with van der Waals surface area (Å²) in [5.74, 6) is -0.259. The van der Waals surface area contributed by atoms with E-state index in [1.807, 2.05) is 11.4 Å². The van der Waals surface area contributed by atoms with Crippen LogP contribution in [0, 0.1) is 17.1 Å². The van der Waals surface area contributed by atoms with Crippen LogP contribution < -0.4 is 0 Å². The zero-order valence-corrected chi connectivity index (χ0v) is 9.04. The Morgan fingerprint density at radius 2 is 2.06 bits per heavy atom. The van der Waals surface area contributed by atoms with Gasteiger partial charge in [0.2, 0.25) is 0 Å². The van der Waals surface area contributed by atoms with Gasteiger partial charge in [-0.25, -0.2) is 9.37 Å². The van der Waals surface area contributed by atoms with Crippen molar-refractivity contribution in [2.45, 2.75) is 0 Å². The molecule has 0 N–H and O–H groups in total. The van der Waals surface area contributed by atoms with E-state index in [4.69, 9.17) is 5.26 Å². The van der Waals surface area contributed by atoms with Crippen molar-refractivity contribution in [1.82, 2.24) is 4.98 Å². The molecule has 16 heavy (non-hydrogen) atoms. The second kappa shape index (κ2) is 4.69. The molecule has 0 aliphatic heterocycles. The number of halogens is 1. The molecule has 0 fully saturated rings. The number of benzene rings is 1. The predicted octanol–water partition coefficient (Wildman–Crippen LogP) is 3.49. The Hall–Kier alpha value is -1.99. The van der Waals surface area contributed by atoms with Gasteiger partial charge in [0.25, 0.3) is 0 Å². The van der Waals surface area contributed by atoms with Gasteiger partial charge in [-0.15, -0.1) is 11.3 Å². The van der Waals surface area contributed by atoms with Crippen molar-refractivity contribution >= 4 is 17.4 Å². The van der Waals surface area contributed by atoms with Crippen molar-refractivity contribution in [3.05, 3.63) is 47.2 Å². The molecule has 1 heterocycles. The molecular weight excluding hydrogens is 223 g/mol. The van der Waals surface area contributed by atoms with Gasteiger partial charge in [0.15, 0.2) is 0 Å². The summed E-state index contributed by atoms with van der Waals surface area (Å²) in [6.07, 6.45) is 3.02. The third-order valence-electron chi connectivity index (χ3n) is 1.94. The van der Waals surface area contributed by atoms with E-state index in [0.717, 1.165) is 16.3 Å². The third kappa shape index (κ3) is 2.33. The first kappa shape index (κ1) is 10.5. The summed E-state index contributed by atoms with van der Waals surface area (Å²) in [5, 5.41) is 11.1. The molecule has 4 heteroatoms. The van der Waals surface area contributed by atoms with Gasteiger partial charge >= 0.3 is 0 Å². The van der Waals surface area contributed by atoms with E-state index in [1.54, 1.807) is 18.2 Å². The summed E-state index contributed by atoms with van der Waals surface area (Å²) in [4.78, 5) is 4.31. The highest BCUT2D eigenvalue weighted by Crippen LogP contribution is 2.24. The molecule has 0 saturated heterocycles. The van der Waals surface area contributed by atoms with Gasteiger partial charge in [-0.1, -0.05) is 0 Å². The topological polar surface area (TPSA) is 36.7 Å². The number of allylic oxidation sites excluding steroid dienone is 1. The van der Waals surface area contributed by atoms with Crippen LogP contribution in [0.25, 0.3) is 16.6 Å². The number of rotatable bonds is 2. The fourth-order valence-electron chi connectivity index (χ4n) is 1.21. The summed E-state index contributed by atoms with van der Waals surface area (Å²) < 4.78 is 12.7. The van der Waals surface area contributed by atoms with E-state index in [0.29, 0.717) is 0 Å². The Balaban J connectivity index is 2.28. The van der Waals surface area contributed by atoms with Crippen molar-refractivity contribution in [3.8, 4) is 16.6 Å². The highest BCUT2D eigenvalue weighted by Gasteiger charge is 2.02. The third-order valence-corrected chi connectivity index (χ3v) is 2.85. The Bertz CT molecular complexity index is 549. The van der Waals surface area contributed by atoms with E-state index in [1.165, 1.54) is 29.5 Å². The van der Waals surface area contributed by atoms with Gasteiger partial charge in [-0.3, -0.25) is 0 Å². The standard InChI is InChI=1S/C12H7FN2S/c13-10-5-3-9(4-6-10)12-15-11(8-16-12)2-1-7-14/h1-6,8H. The van der Waals surface area contributed by atoms with Crippen molar-refractivity contribution in [1.29, 1.82) is 5.26 Å². The van der Waals surface area contributed by atoms with E-state index >= 15 is 0 Å². The monoisotopic (exact) mass is 230 g/mol. The molecule has 0 unspecified atom stereocenters. The maximum Gasteiger partial charge on any atom is 0.124 e. The molecule has 0 spiro atoms. The lowest BCUT2D eigenvalue weighted by Gasteiger charge is -1.94. The zero-order chi connectivity index (χ0) is 11.4. The van der Waals surface area contributed by atoms with Crippen molar-refractivity contribution in [2.24, 2.45) is 0 Å². The van der Waals surface area contributed by atoms with Gasteiger partial charge < -0.3 is 0 Å². The molecule has 2 rings (SSSR count). The summed E-state index contributed by atoms with van der Waals surface area (Å²) in [6.45, 7) is 0. The summed E-state index contributed by atoms with van der Waals surface area (Å²) in [6, 6.07) is 8.09. The fraction of sp³-hybridized carbons (Fsp3) is 0. The average molecular weight is 230 g/mol. The molecular formula is C12H7FN2S. The molecule has 0 aliphatic rings. The summed E-state index contributed by atoms with van der Waals surface area (Å²) in [7, 11) is 0. The largest absolute Gasteiger partial charge is 0.237 e. The van der Waals surface area contributed by atoms with Crippen LogP contribution in [0.3, 0.4) is 0 Å². The maximum atomic E-state index is 12.7. The summed E-state index contributed by atoms with van der Waals surface area (Å²) >= 11 is 1.46. The number of thiazole rings is 1. The molecule has 0 saturated carbocycles. The number of nitriles is 1. The van der Waals surface area contributed by atoms with Crippen LogP contribution in [0.1, 0.15) is 5.69 Å². The van der Waals surface area contributed by atoms with E-state index < -0.39 is 0 Å². The van der Waals surface area contributed by atoms with E-state index in [-0.39, 0.29) is 5.82 Å². The smallest absolute Gasteiger partial charge is 0.124 e. The molecule has 1 aromatic heterocycles. The molecule has 0 aliphatic carbocycles. The Kier molecular flexibility index (Phi) is 3.08. The molecule has 1 aromatic carbocycles. The minimum absolute atomic E-state index is 0.259. The highest BCUT2D eigenvalue weighted by molar-refractivity contribution is 7.13. The van der Waals surface area contributed by atoms with Crippen LogP contribution in [0.4, 0.5) is 4.39 Å². The zero-order valence-electron chi connectivity index (χ0n) is 8.22. The lowest BCUT2D eigenvalue weighted by Crippen LogP contribution is -1.78. The Morgan fingerprint density at radius 1 is 1.31 bits per heavy atom. The predicted molar refractivity (Wildman–Crippen MR) is 62.2 cm³/mol. The van der Waals surface area contributed by atoms with Crippen LogP contribution in [-0.4, -0.2) is 4.98 Å². The quantitative estimate of drug-likeness (QED) is 0.740. The number of hydrogen-bond acceptors (Lipinski definition) is 3. The Labute approximate surface area is 96.3 Å². The average Bonchev–Trinajstić information content (AvgIpc) is 2.76. The fourth-order valence-corrected chi connectivity index (χ4v) is 2.00. The van der Waals surface area contributed by atoms with Gasteiger partial charge in [-0.2, -0.15) is 5.26 Å². The number of aromatic nitrogens is 1. The van der Waals surface area contributed by atoms with Crippen LogP contribution in [0.2, 0.25) is 0 Å². The second-order valence-corrected chi connectivity index (χ2v) is 3.90. The SMILES string of the molecule is N#CC=Cc1csc(-c2ccc(F)cc2)n1. The van der Waals surface area contributed by atoms with Crippen LogP contribution >= 0.6 is 11.3 Å². The first-order chi connectivity index (χ1) is 7.79. The van der Waals surface area contributed by atoms with Crippen LogP contribution in [0.15, 0.2) is 35.7 Å². The minimum atomic E-state index is -0.259. The number of nitrogens with zero attached hydrogens (tertiary/aromatic N) is 2. The molecule has 0 bridgehead atoms. The maximum absolute atomic E-state index is 12.7. The first-order valence-electron chi connectivity index (χ1n) is 4.57. The molecule has 78 valence electrons. The molecule has 2 nitrogen and oxygen atoms in total. The van der Waals surface area contributed by atoms with Crippen molar-refractivity contribution < 1.29 is 4.39 Å². The van der Waals surface area contributed by atoms with Crippen molar-refractivity contribution in [2.75, 3.05) is 0 Å². The lowest BCUT2D eigenvalue weighted by molar-refractivity contribution is 0.628. The van der Waals surface area contributed by atoms with Gasteiger partial charge in [0.05, 0.1) is 11.8 Å². The van der Waals surface area contributed by atoms with E-state index in [9.17, 15) is 4.39 Å². The molecule has 0 atom stereocenters.